The number of guanidine groups is 1. The lowest BCUT2D eigenvalue weighted by Crippen LogP contribution is -2.45. The number of sulfonamides is 1. The Morgan fingerprint density at radius 2 is 1.93 bits per heavy atom. The van der Waals surface area contributed by atoms with E-state index in [9.17, 15) is 8.42 Å². The van der Waals surface area contributed by atoms with Crippen LogP contribution in [0, 0.1) is 0 Å². The summed E-state index contributed by atoms with van der Waals surface area (Å²) in [4.78, 5) is 4.65. The Labute approximate surface area is 192 Å². The predicted molar refractivity (Wildman–Crippen MR) is 129 cm³/mol. The number of aliphatic imine (C=N–C) groups is 1. The third kappa shape index (κ3) is 9.18. The largest absolute Gasteiger partial charge is 0.373 e. The molecule has 1 fully saturated rings. The quantitative estimate of drug-likeness (QED) is 0.256. The van der Waals surface area contributed by atoms with E-state index in [0.717, 1.165) is 37.1 Å². The van der Waals surface area contributed by atoms with Gasteiger partial charge < -0.3 is 15.4 Å². The molecule has 0 radical (unpaired) electrons. The van der Waals surface area contributed by atoms with Crippen LogP contribution in [0.15, 0.2) is 29.3 Å². The van der Waals surface area contributed by atoms with Crippen LogP contribution in [0.2, 0.25) is 0 Å². The monoisotopic (exact) mass is 538 g/mol. The molecule has 1 heterocycles. The van der Waals surface area contributed by atoms with E-state index in [4.69, 9.17) is 4.74 Å². The van der Waals surface area contributed by atoms with Crippen LogP contribution < -0.4 is 15.4 Å². The fraction of sp³-hybridized carbons (Fsp3) is 0.650. The number of halogens is 1. The second-order valence-corrected chi connectivity index (χ2v) is 9.50. The molecule has 1 unspecified atom stereocenters. The number of nitrogens with zero attached hydrogens (tertiary/aromatic N) is 1. The first kappa shape index (κ1) is 26.1. The maximum absolute atomic E-state index is 12.3. The van der Waals surface area contributed by atoms with E-state index in [1.807, 2.05) is 45.0 Å². The van der Waals surface area contributed by atoms with Gasteiger partial charge in [-0.1, -0.05) is 24.3 Å². The van der Waals surface area contributed by atoms with Crippen molar-refractivity contribution in [1.82, 2.24) is 15.4 Å². The van der Waals surface area contributed by atoms with E-state index < -0.39 is 10.0 Å². The van der Waals surface area contributed by atoms with Crippen LogP contribution >= 0.6 is 24.0 Å². The molecule has 0 aromatic heterocycles. The van der Waals surface area contributed by atoms with Gasteiger partial charge in [0.05, 0.1) is 17.9 Å². The zero-order chi connectivity index (χ0) is 20.6. The third-order valence-electron chi connectivity index (χ3n) is 4.56. The molecule has 1 atom stereocenters. The zero-order valence-electron chi connectivity index (χ0n) is 17.8. The normalized spacial score (nSPS) is 19.8. The van der Waals surface area contributed by atoms with E-state index in [-0.39, 0.29) is 41.4 Å². The fourth-order valence-electron chi connectivity index (χ4n) is 3.21. The Morgan fingerprint density at radius 1 is 1.24 bits per heavy atom. The molecule has 2 rings (SSSR count). The Morgan fingerprint density at radius 3 is 2.52 bits per heavy atom. The van der Waals surface area contributed by atoms with Crippen molar-refractivity contribution < 1.29 is 13.2 Å². The summed E-state index contributed by atoms with van der Waals surface area (Å²) in [6.07, 6.45) is 2.11. The van der Waals surface area contributed by atoms with Crippen molar-refractivity contribution in [2.24, 2.45) is 4.99 Å². The molecule has 1 aliphatic heterocycles. The van der Waals surface area contributed by atoms with Crippen LogP contribution in [0.3, 0.4) is 0 Å². The van der Waals surface area contributed by atoms with E-state index in [1.54, 1.807) is 0 Å². The highest BCUT2D eigenvalue weighted by atomic mass is 127. The molecular formula is C20H35IN4O3S. The number of hydrogen-bond acceptors (Lipinski definition) is 4. The summed E-state index contributed by atoms with van der Waals surface area (Å²) in [7, 11) is -3.38. The molecule has 9 heteroatoms. The first-order chi connectivity index (χ1) is 13.2. The minimum Gasteiger partial charge on any atom is -0.373 e. The van der Waals surface area contributed by atoms with Gasteiger partial charge in [0.2, 0.25) is 10.0 Å². The standard InChI is InChI=1S/C20H34N4O3S.HI/c1-5-21-19(23-15-20(4)11-8-12-27-20)22-13-17-9-6-7-10-18(17)14-28(25,26)24-16(2)3;/h6-7,9-10,16,24H,5,8,11-15H2,1-4H3,(H2,21,22,23);1H. The van der Waals surface area contributed by atoms with Crippen molar-refractivity contribution in [3.05, 3.63) is 35.4 Å². The van der Waals surface area contributed by atoms with Gasteiger partial charge in [0, 0.05) is 25.7 Å². The summed E-state index contributed by atoms with van der Waals surface area (Å²) in [5, 5.41) is 6.59. The third-order valence-corrected chi connectivity index (χ3v) is 6.08. The summed E-state index contributed by atoms with van der Waals surface area (Å²) in [6.45, 7) is 10.4. The van der Waals surface area contributed by atoms with Crippen molar-refractivity contribution in [3.8, 4) is 0 Å². The first-order valence-electron chi connectivity index (χ1n) is 9.96. The maximum atomic E-state index is 12.3. The van der Waals surface area contributed by atoms with E-state index >= 15 is 0 Å². The van der Waals surface area contributed by atoms with Crippen LogP contribution in [-0.4, -0.2) is 45.7 Å². The second-order valence-electron chi connectivity index (χ2n) is 7.75. The molecule has 0 spiro atoms. The van der Waals surface area contributed by atoms with Gasteiger partial charge in [0.25, 0.3) is 0 Å². The lowest BCUT2D eigenvalue weighted by Gasteiger charge is -2.24. The Hall–Kier alpha value is -0.910. The lowest BCUT2D eigenvalue weighted by atomic mass is 10.0. The summed E-state index contributed by atoms with van der Waals surface area (Å²) in [6, 6.07) is 7.41. The number of ether oxygens (including phenoxy) is 1. The molecule has 1 aromatic rings. The molecule has 29 heavy (non-hydrogen) atoms. The smallest absolute Gasteiger partial charge is 0.216 e. The average molecular weight is 538 g/mol. The number of rotatable bonds is 9. The Balaban J connectivity index is 0.00000420. The van der Waals surface area contributed by atoms with Crippen molar-refractivity contribution in [3.63, 3.8) is 0 Å². The predicted octanol–water partition coefficient (Wildman–Crippen LogP) is 2.76. The van der Waals surface area contributed by atoms with Crippen LogP contribution in [0.25, 0.3) is 0 Å². The van der Waals surface area contributed by atoms with Gasteiger partial charge in [0.15, 0.2) is 5.96 Å². The van der Waals surface area contributed by atoms with Crippen LogP contribution in [0.4, 0.5) is 0 Å². The molecule has 7 nitrogen and oxygen atoms in total. The highest BCUT2D eigenvalue weighted by Gasteiger charge is 2.29. The molecule has 166 valence electrons. The topological polar surface area (TPSA) is 91.8 Å². The van der Waals surface area contributed by atoms with Gasteiger partial charge in [-0.05, 0) is 51.7 Å². The lowest BCUT2D eigenvalue weighted by molar-refractivity contribution is 0.0243. The summed E-state index contributed by atoms with van der Waals surface area (Å²) >= 11 is 0. The fourth-order valence-corrected chi connectivity index (χ4v) is 4.70. The Kier molecular flexibility index (Phi) is 10.9. The van der Waals surface area contributed by atoms with E-state index in [2.05, 4.69) is 27.3 Å². The van der Waals surface area contributed by atoms with Crippen molar-refractivity contribution in [1.29, 1.82) is 0 Å². The SMILES string of the molecule is CCNC(=NCc1ccccc1CS(=O)(=O)NC(C)C)NCC1(C)CCCO1.I. The van der Waals surface area contributed by atoms with Crippen molar-refractivity contribution in [2.45, 2.75) is 64.5 Å². The van der Waals surface area contributed by atoms with Gasteiger partial charge >= 0.3 is 0 Å². The van der Waals surface area contributed by atoms with Gasteiger partial charge in [-0.3, -0.25) is 0 Å². The number of nitrogens with one attached hydrogen (secondary N) is 3. The summed E-state index contributed by atoms with van der Waals surface area (Å²) in [5.74, 6) is 0.657. The summed E-state index contributed by atoms with van der Waals surface area (Å²) < 4.78 is 33.1. The van der Waals surface area contributed by atoms with Gasteiger partial charge in [-0.25, -0.2) is 18.1 Å². The molecule has 1 aliphatic rings. The van der Waals surface area contributed by atoms with Gasteiger partial charge in [0.1, 0.15) is 0 Å². The highest BCUT2D eigenvalue weighted by Crippen LogP contribution is 2.23. The van der Waals surface area contributed by atoms with Crippen LogP contribution in [-0.2, 0) is 27.1 Å². The minimum absolute atomic E-state index is 0. The first-order valence-corrected chi connectivity index (χ1v) is 11.6. The second kappa shape index (κ2) is 12.1. The van der Waals surface area contributed by atoms with Crippen molar-refractivity contribution in [2.75, 3.05) is 19.7 Å². The zero-order valence-corrected chi connectivity index (χ0v) is 21.0. The molecular weight excluding hydrogens is 503 g/mol. The molecule has 1 saturated heterocycles. The summed E-state index contributed by atoms with van der Waals surface area (Å²) in [5.41, 5.74) is 1.50. The Bertz CT molecular complexity index is 763. The van der Waals surface area contributed by atoms with Crippen LogP contribution in [0.1, 0.15) is 51.7 Å². The number of benzene rings is 1. The molecule has 0 bridgehead atoms. The minimum atomic E-state index is -3.38. The number of hydrogen-bond donors (Lipinski definition) is 3. The van der Waals surface area contributed by atoms with E-state index in [0.29, 0.717) is 19.0 Å². The van der Waals surface area contributed by atoms with Gasteiger partial charge in [-0.15, -0.1) is 24.0 Å². The van der Waals surface area contributed by atoms with Crippen LogP contribution in [0.5, 0.6) is 0 Å². The van der Waals surface area contributed by atoms with Crippen molar-refractivity contribution >= 4 is 40.0 Å². The maximum Gasteiger partial charge on any atom is 0.216 e. The molecule has 0 aliphatic carbocycles. The van der Waals surface area contributed by atoms with Gasteiger partial charge in [-0.2, -0.15) is 0 Å². The molecule has 3 N–H and O–H groups in total. The highest BCUT2D eigenvalue weighted by molar-refractivity contribution is 14.0. The molecule has 0 saturated carbocycles. The van der Waals surface area contributed by atoms with E-state index in [1.165, 1.54) is 0 Å². The molecule has 0 amide bonds. The molecule has 1 aromatic carbocycles. The average Bonchev–Trinajstić information content (AvgIpc) is 3.04.